The Balaban J connectivity index is 2.34. The Morgan fingerprint density at radius 3 is 2.52 bits per heavy atom. The first-order chi connectivity index (χ1) is 12.0. The second kappa shape index (κ2) is 6.77. The van der Waals surface area contributed by atoms with Crippen LogP contribution in [0.3, 0.4) is 0 Å². The van der Waals surface area contributed by atoms with Crippen LogP contribution in [0.1, 0.15) is 16.1 Å². The van der Waals surface area contributed by atoms with E-state index in [0.717, 1.165) is 9.04 Å². The van der Waals surface area contributed by atoms with Crippen molar-refractivity contribution in [1.29, 1.82) is 0 Å². The predicted molar refractivity (Wildman–Crippen MR) is 97.4 cm³/mol. The number of pyridine rings is 1. The van der Waals surface area contributed by atoms with Crippen molar-refractivity contribution in [2.24, 2.45) is 0 Å². The number of esters is 1. The molecule has 0 N–H and O–H groups in total. The van der Waals surface area contributed by atoms with Crippen LogP contribution in [-0.2, 0) is 4.74 Å². The highest BCUT2D eigenvalue weighted by atomic mass is 32.2. The fraction of sp³-hybridized carbons (Fsp3) is 0.188. The van der Waals surface area contributed by atoms with Crippen LogP contribution in [0.2, 0.25) is 0 Å². The lowest BCUT2D eigenvalue weighted by Crippen LogP contribution is -2.08. The predicted octanol–water partition coefficient (Wildman–Crippen LogP) is 4.08. The van der Waals surface area contributed by atoms with Gasteiger partial charge in [0.05, 0.1) is 28.0 Å². The molecule has 2 aromatic heterocycles. The number of thioether (sulfide) groups is 1. The molecule has 0 aliphatic rings. The van der Waals surface area contributed by atoms with Crippen molar-refractivity contribution in [3.8, 4) is 11.1 Å². The summed E-state index contributed by atoms with van der Waals surface area (Å²) >= 11 is 2.92. The minimum atomic E-state index is -0.501. The van der Waals surface area contributed by atoms with Crippen LogP contribution >= 0.6 is 23.1 Å². The minimum absolute atomic E-state index is 0.0144. The molecule has 0 aliphatic heterocycles. The van der Waals surface area contributed by atoms with Crippen LogP contribution in [0.5, 0.6) is 0 Å². The summed E-state index contributed by atoms with van der Waals surface area (Å²) in [6.07, 6.45) is 1.91. The van der Waals surface area contributed by atoms with Gasteiger partial charge in [0.2, 0.25) is 0 Å². The lowest BCUT2D eigenvalue weighted by molar-refractivity contribution is -0.384. The van der Waals surface area contributed by atoms with Crippen LogP contribution < -0.4 is 0 Å². The molecule has 0 bridgehead atoms. The van der Waals surface area contributed by atoms with Gasteiger partial charge in [0.1, 0.15) is 0 Å². The van der Waals surface area contributed by atoms with E-state index in [9.17, 15) is 14.9 Å². The van der Waals surface area contributed by atoms with E-state index in [-0.39, 0.29) is 5.69 Å². The van der Waals surface area contributed by atoms with E-state index in [4.69, 9.17) is 4.74 Å². The number of nitro benzene ring substituents is 1. The number of fused-ring (bicyclic) bond motifs is 1. The standard InChI is InChI=1S/C16H13N3O4S2/c1-8-11(15(20)23-2)12(9-4-6-10(7-5-9)19(21)22)13-14(17-8)18-16(24-3)25-13/h4-7H,1-3H3. The van der Waals surface area contributed by atoms with E-state index in [1.807, 2.05) is 6.26 Å². The number of carbonyl (C=O) groups is 1. The number of nitro groups is 1. The van der Waals surface area contributed by atoms with Gasteiger partial charge >= 0.3 is 5.97 Å². The zero-order valence-electron chi connectivity index (χ0n) is 13.6. The normalized spacial score (nSPS) is 10.8. The Kier molecular flexibility index (Phi) is 4.69. The van der Waals surface area contributed by atoms with E-state index < -0.39 is 10.9 Å². The lowest BCUT2D eigenvalue weighted by atomic mass is 9.99. The fourth-order valence-corrected chi connectivity index (χ4v) is 4.08. The maximum absolute atomic E-state index is 12.3. The molecule has 9 heteroatoms. The number of methoxy groups -OCH3 is 1. The van der Waals surface area contributed by atoms with Gasteiger partial charge in [-0.1, -0.05) is 11.8 Å². The molecule has 0 amide bonds. The van der Waals surface area contributed by atoms with E-state index in [1.54, 1.807) is 19.1 Å². The van der Waals surface area contributed by atoms with Crippen molar-refractivity contribution >= 4 is 45.1 Å². The lowest BCUT2D eigenvalue weighted by Gasteiger charge is -2.11. The zero-order chi connectivity index (χ0) is 18.1. The van der Waals surface area contributed by atoms with E-state index in [0.29, 0.717) is 28.0 Å². The monoisotopic (exact) mass is 375 g/mol. The number of hydrogen-bond donors (Lipinski definition) is 0. The zero-order valence-corrected chi connectivity index (χ0v) is 15.2. The molecule has 7 nitrogen and oxygen atoms in total. The second-order valence-electron chi connectivity index (χ2n) is 5.08. The van der Waals surface area contributed by atoms with Gasteiger partial charge in [-0.2, -0.15) is 0 Å². The van der Waals surface area contributed by atoms with Gasteiger partial charge in [0.25, 0.3) is 5.69 Å². The molecule has 0 atom stereocenters. The summed E-state index contributed by atoms with van der Waals surface area (Å²) in [5.41, 5.74) is 2.71. The van der Waals surface area contributed by atoms with Crippen molar-refractivity contribution < 1.29 is 14.5 Å². The van der Waals surface area contributed by atoms with Gasteiger partial charge < -0.3 is 4.74 Å². The molecular formula is C16H13N3O4S2. The first-order valence-electron chi connectivity index (χ1n) is 7.14. The molecule has 0 spiro atoms. The molecular weight excluding hydrogens is 362 g/mol. The molecule has 3 aromatic rings. The number of benzene rings is 1. The molecule has 3 rings (SSSR count). The Bertz CT molecular complexity index is 983. The summed E-state index contributed by atoms with van der Waals surface area (Å²) < 4.78 is 6.49. The van der Waals surface area contributed by atoms with Crippen LogP contribution in [0.25, 0.3) is 21.5 Å². The number of aromatic nitrogens is 2. The molecule has 0 radical (unpaired) electrons. The average Bonchev–Trinajstić information content (AvgIpc) is 3.02. The fourth-order valence-electron chi connectivity index (χ4n) is 2.51. The smallest absolute Gasteiger partial charge is 0.340 e. The first-order valence-corrected chi connectivity index (χ1v) is 9.18. The van der Waals surface area contributed by atoms with Crippen molar-refractivity contribution in [1.82, 2.24) is 9.97 Å². The Morgan fingerprint density at radius 1 is 1.28 bits per heavy atom. The SMILES string of the molecule is COC(=O)c1c(C)nc2nc(SC)sc2c1-c1ccc([N+](=O)[O-])cc1. The summed E-state index contributed by atoms with van der Waals surface area (Å²) in [4.78, 5) is 31.6. The summed E-state index contributed by atoms with van der Waals surface area (Å²) in [6, 6.07) is 6.07. The van der Waals surface area contributed by atoms with Crippen molar-refractivity contribution in [2.45, 2.75) is 11.3 Å². The van der Waals surface area contributed by atoms with Gasteiger partial charge in [-0.25, -0.2) is 14.8 Å². The molecule has 0 saturated heterocycles. The van der Waals surface area contributed by atoms with Crippen LogP contribution in [0.4, 0.5) is 5.69 Å². The van der Waals surface area contributed by atoms with Crippen LogP contribution in [0, 0.1) is 17.0 Å². The van der Waals surface area contributed by atoms with Crippen LogP contribution in [0.15, 0.2) is 28.6 Å². The van der Waals surface area contributed by atoms with Gasteiger partial charge in [-0.3, -0.25) is 10.1 Å². The third-order valence-corrected chi connectivity index (χ3v) is 5.68. The molecule has 0 unspecified atom stereocenters. The maximum Gasteiger partial charge on any atom is 0.340 e. The highest BCUT2D eigenvalue weighted by molar-refractivity contribution is 8.00. The number of aryl methyl sites for hydroxylation is 1. The minimum Gasteiger partial charge on any atom is -0.465 e. The molecule has 0 fully saturated rings. The maximum atomic E-state index is 12.3. The highest BCUT2D eigenvalue weighted by Crippen LogP contribution is 2.39. The molecule has 2 heterocycles. The molecule has 128 valence electrons. The molecule has 0 saturated carbocycles. The third kappa shape index (κ3) is 3.08. The number of non-ortho nitro benzene ring substituents is 1. The van der Waals surface area contributed by atoms with Gasteiger partial charge in [-0.05, 0) is 30.9 Å². The third-order valence-electron chi connectivity index (χ3n) is 3.63. The summed E-state index contributed by atoms with van der Waals surface area (Å²) in [5, 5.41) is 10.9. The van der Waals surface area contributed by atoms with Gasteiger partial charge in [-0.15, -0.1) is 11.3 Å². The number of thiazole rings is 1. The number of rotatable bonds is 4. The average molecular weight is 375 g/mol. The molecule has 25 heavy (non-hydrogen) atoms. The molecule has 1 aromatic carbocycles. The topological polar surface area (TPSA) is 95.2 Å². The largest absolute Gasteiger partial charge is 0.465 e. The Morgan fingerprint density at radius 2 is 1.96 bits per heavy atom. The Hall–Kier alpha value is -2.52. The highest BCUT2D eigenvalue weighted by Gasteiger charge is 2.23. The number of hydrogen-bond acceptors (Lipinski definition) is 8. The van der Waals surface area contributed by atoms with E-state index in [2.05, 4.69) is 9.97 Å². The molecule has 0 aliphatic carbocycles. The number of ether oxygens (including phenoxy) is 1. The summed E-state index contributed by atoms with van der Waals surface area (Å²) in [6.45, 7) is 1.72. The van der Waals surface area contributed by atoms with Gasteiger partial charge in [0.15, 0.2) is 9.99 Å². The first kappa shape index (κ1) is 17.3. The quantitative estimate of drug-likeness (QED) is 0.293. The van der Waals surface area contributed by atoms with Crippen molar-refractivity contribution in [3.05, 3.63) is 45.6 Å². The van der Waals surface area contributed by atoms with Crippen LogP contribution in [-0.4, -0.2) is 34.2 Å². The van der Waals surface area contributed by atoms with Crippen molar-refractivity contribution in [2.75, 3.05) is 13.4 Å². The summed E-state index contributed by atoms with van der Waals surface area (Å²) in [5.74, 6) is -0.501. The second-order valence-corrected chi connectivity index (χ2v) is 7.13. The Labute approximate surface area is 151 Å². The summed E-state index contributed by atoms with van der Waals surface area (Å²) in [7, 11) is 1.31. The van der Waals surface area contributed by atoms with Crippen molar-refractivity contribution in [3.63, 3.8) is 0 Å². The number of carbonyl (C=O) groups excluding carboxylic acids is 1. The van der Waals surface area contributed by atoms with E-state index >= 15 is 0 Å². The van der Waals surface area contributed by atoms with Gasteiger partial charge in [0, 0.05) is 17.7 Å². The number of nitrogens with zero attached hydrogens (tertiary/aromatic N) is 3. The van der Waals surface area contributed by atoms with E-state index in [1.165, 1.54) is 42.3 Å².